The van der Waals surface area contributed by atoms with Gasteiger partial charge in [-0.05, 0) is 75.2 Å². The number of carbonyl (C=O) groups excluding carboxylic acids is 1. The second kappa shape index (κ2) is 10.1. The number of para-hydroxylation sites is 1. The maximum Gasteiger partial charge on any atom is 0.222 e. The second-order valence-corrected chi connectivity index (χ2v) is 9.49. The number of hydrogen-bond donors (Lipinski definition) is 3. The monoisotopic (exact) mass is 454 g/mol. The summed E-state index contributed by atoms with van der Waals surface area (Å²) in [5.41, 5.74) is 3.00. The fraction of sp³-hybridized carbons (Fsp3) is 0.696. The van der Waals surface area contributed by atoms with E-state index < -0.39 is 0 Å². The van der Waals surface area contributed by atoms with Gasteiger partial charge in [-0.25, -0.2) is 0 Å². The van der Waals surface area contributed by atoms with Crippen LogP contribution in [-0.2, 0) is 10.2 Å². The van der Waals surface area contributed by atoms with Crippen molar-refractivity contribution in [3.05, 3.63) is 29.8 Å². The Bertz CT molecular complexity index is 723. The van der Waals surface area contributed by atoms with Crippen molar-refractivity contribution in [2.75, 3.05) is 44.6 Å². The van der Waals surface area contributed by atoms with E-state index in [1.165, 1.54) is 24.2 Å². The normalized spacial score (nSPS) is 28.7. The van der Waals surface area contributed by atoms with Gasteiger partial charge in [0, 0.05) is 43.2 Å². The average molecular weight is 455 g/mol. The average Bonchev–Trinajstić information content (AvgIpc) is 3.09. The third-order valence-electron chi connectivity index (χ3n) is 7.81. The Morgan fingerprint density at radius 2 is 1.90 bits per heavy atom. The molecule has 5 nitrogen and oxygen atoms in total. The smallest absolute Gasteiger partial charge is 0.222 e. The van der Waals surface area contributed by atoms with E-state index in [-0.39, 0.29) is 30.2 Å². The van der Waals surface area contributed by atoms with Crippen molar-refractivity contribution in [1.29, 1.82) is 0 Å². The summed E-state index contributed by atoms with van der Waals surface area (Å²) in [4.78, 5) is 14.9. The maximum atomic E-state index is 12.8. The number of likely N-dealkylation sites (tertiary alicyclic amines) is 1. The van der Waals surface area contributed by atoms with Gasteiger partial charge >= 0.3 is 0 Å². The molecule has 4 heterocycles. The van der Waals surface area contributed by atoms with Gasteiger partial charge in [-0.2, -0.15) is 0 Å². The minimum Gasteiger partial charge on any atom is -0.384 e. The van der Waals surface area contributed by atoms with Gasteiger partial charge in [0.2, 0.25) is 5.91 Å². The zero-order chi connectivity index (χ0) is 19.0. The van der Waals surface area contributed by atoms with Crippen LogP contribution in [0.25, 0.3) is 0 Å². The van der Waals surface area contributed by atoms with Crippen LogP contribution in [0.3, 0.4) is 0 Å². The van der Waals surface area contributed by atoms with Crippen molar-refractivity contribution in [1.82, 2.24) is 15.5 Å². The summed E-state index contributed by atoms with van der Waals surface area (Å²) >= 11 is 0. The van der Waals surface area contributed by atoms with Gasteiger partial charge in [-0.1, -0.05) is 18.2 Å². The highest BCUT2D eigenvalue weighted by Crippen LogP contribution is 2.43. The van der Waals surface area contributed by atoms with Gasteiger partial charge in [0.25, 0.3) is 0 Å². The third kappa shape index (κ3) is 4.59. The molecular weight excluding hydrogens is 419 g/mol. The van der Waals surface area contributed by atoms with Gasteiger partial charge in [0.1, 0.15) is 0 Å². The van der Waals surface area contributed by atoms with E-state index in [1.54, 1.807) is 0 Å². The number of amides is 1. The first-order valence-electron chi connectivity index (χ1n) is 11.3. The number of hydrogen-bond acceptors (Lipinski definition) is 4. The first-order valence-corrected chi connectivity index (χ1v) is 11.3. The number of fused-ring (bicyclic) bond motifs is 4. The lowest BCUT2D eigenvalue weighted by atomic mass is 9.74. The summed E-state index contributed by atoms with van der Waals surface area (Å²) < 4.78 is 0. The molecule has 2 bridgehead atoms. The molecule has 168 valence electrons. The molecule has 0 saturated carbocycles. The summed E-state index contributed by atoms with van der Waals surface area (Å²) in [7, 11) is 0. The molecule has 3 N–H and O–H groups in total. The van der Waals surface area contributed by atoms with E-state index in [1.807, 2.05) is 0 Å². The van der Waals surface area contributed by atoms with Crippen LogP contribution in [0.2, 0.25) is 0 Å². The van der Waals surface area contributed by atoms with Crippen molar-refractivity contribution in [3.8, 4) is 0 Å². The van der Waals surface area contributed by atoms with Gasteiger partial charge in [0.05, 0.1) is 0 Å². The van der Waals surface area contributed by atoms with E-state index >= 15 is 0 Å². The molecule has 1 spiro atoms. The molecule has 4 aliphatic heterocycles. The van der Waals surface area contributed by atoms with Crippen LogP contribution in [0, 0.1) is 11.8 Å². The SMILES string of the molecule is Cl.Cl.O=C(CCC[C@@H]1NC[C@@H]2CNC[C@H]1C2)N1CCC2(CC1)CNc1ccccc12. The number of benzene rings is 1. The highest BCUT2D eigenvalue weighted by atomic mass is 35.5. The van der Waals surface area contributed by atoms with Crippen LogP contribution in [-0.4, -0.2) is 56.1 Å². The van der Waals surface area contributed by atoms with Crippen LogP contribution in [0.4, 0.5) is 5.69 Å². The molecule has 7 heteroatoms. The van der Waals surface area contributed by atoms with E-state index in [2.05, 4.69) is 45.1 Å². The van der Waals surface area contributed by atoms with E-state index in [0.717, 1.165) is 70.2 Å². The Kier molecular flexibility index (Phi) is 7.94. The minimum absolute atomic E-state index is 0. The van der Waals surface area contributed by atoms with Crippen LogP contribution < -0.4 is 16.0 Å². The Morgan fingerprint density at radius 3 is 2.73 bits per heavy atom. The lowest BCUT2D eigenvalue weighted by Gasteiger charge is -2.42. The van der Waals surface area contributed by atoms with E-state index in [9.17, 15) is 4.79 Å². The van der Waals surface area contributed by atoms with Crippen LogP contribution in [0.1, 0.15) is 44.1 Å². The highest BCUT2D eigenvalue weighted by molar-refractivity contribution is 5.85. The molecule has 3 atom stereocenters. The number of carbonyl (C=O) groups is 1. The van der Waals surface area contributed by atoms with Crippen LogP contribution >= 0.6 is 24.8 Å². The van der Waals surface area contributed by atoms with Crippen LogP contribution in [0.5, 0.6) is 0 Å². The summed E-state index contributed by atoms with van der Waals surface area (Å²) in [6.07, 6.45) is 6.40. The predicted octanol–water partition coefficient (Wildman–Crippen LogP) is 3.18. The Labute approximate surface area is 192 Å². The molecule has 3 saturated heterocycles. The van der Waals surface area contributed by atoms with E-state index in [4.69, 9.17) is 0 Å². The van der Waals surface area contributed by atoms with Crippen molar-refractivity contribution in [3.63, 3.8) is 0 Å². The first-order chi connectivity index (χ1) is 13.7. The quantitative estimate of drug-likeness (QED) is 0.653. The van der Waals surface area contributed by atoms with Gasteiger partial charge in [0.15, 0.2) is 0 Å². The number of anilines is 1. The lowest BCUT2D eigenvalue weighted by Crippen LogP contribution is -2.54. The summed E-state index contributed by atoms with van der Waals surface area (Å²) in [6.45, 7) is 6.30. The number of nitrogens with one attached hydrogen (secondary N) is 3. The summed E-state index contributed by atoms with van der Waals surface area (Å²) in [5.74, 6) is 1.93. The van der Waals surface area contributed by atoms with Gasteiger partial charge in [-0.15, -0.1) is 24.8 Å². The maximum absolute atomic E-state index is 12.8. The molecule has 30 heavy (non-hydrogen) atoms. The molecule has 0 unspecified atom stereocenters. The number of piperidine rings is 3. The molecule has 1 amide bonds. The minimum atomic E-state index is 0. The zero-order valence-electron chi connectivity index (χ0n) is 17.7. The topological polar surface area (TPSA) is 56.4 Å². The highest BCUT2D eigenvalue weighted by Gasteiger charge is 2.42. The largest absolute Gasteiger partial charge is 0.384 e. The molecule has 1 aromatic rings. The fourth-order valence-electron chi connectivity index (χ4n) is 6.07. The molecule has 0 aliphatic carbocycles. The molecule has 0 radical (unpaired) electrons. The lowest BCUT2D eigenvalue weighted by molar-refractivity contribution is -0.132. The standard InChI is InChI=1S/C23H34N4O.2ClH/c28-22(7-3-6-20-18-12-17(14-25-20)13-24-15-18)27-10-8-23(9-11-27)16-26-21-5-2-1-4-19(21)23;;/h1-2,4-5,17-18,20,24-26H,3,6-16H2;2*1H/t17-,18+,20-;;/m0../s1. The van der Waals surface area contributed by atoms with E-state index in [0.29, 0.717) is 18.4 Å². The molecule has 1 aromatic carbocycles. The number of rotatable bonds is 4. The second-order valence-electron chi connectivity index (χ2n) is 9.49. The summed E-state index contributed by atoms with van der Waals surface area (Å²) in [6, 6.07) is 9.31. The van der Waals surface area contributed by atoms with Gasteiger partial charge in [-0.3, -0.25) is 4.79 Å². The molecular formula is C23H36Cl2N4O. The molecule has 5 rings (SSSR count). The van der Waals surface area contributed by atoms with Crippen molar-refractivity contribution < 1.29 is 4.79 Å². The predicted molar refractivity (Wildman–Crippen MR) is 127 cm³/mol. The number of halogens is 2. The third-order valence-corrected chi connectivity index (χ3v) is 7.81. The number of nitrogens with zero attached hydrogens (tertiary/aromatic N) is 1. The first kappa shape index (κ1) is 23.6. The van der Waals surface area contributed by atoms with Crippen LogP contribution in [0.15, 0.2) is 24.3 Å². The van der Waals surface area contributed by atoms with Crippen molar-refractivity contribution in [2.24, 2.45) is 11.8 Å². The Morgan fingerprint density at radius 1 is 1.10 bits per heavy atom. The summed E-state index contributed by atoms with van der Waals surface area (Å²) in [5, 5.41) is 10.9. The Balaban J connectivity index is 0.00000128. The molecule has 3 fully saturated rings. The molecule has 4 aliphatic rings. The Hall–Kier alpha value is -1.01. The van der Waals surface area contributed by atoms with Gasteiger partial charge < -0.3 is 20.9 Å². The molecule has 0 aromatic heterocycles. The van der Waals surface area contributed by atoms with Crippen molar-refractivity contribution in [2.45, 2.75) is 50.0 Å². The fourth-order valence-corrected chi connectivity index (χ4v) is 6.07. The zero-order valence-corrected chi connectivity index (χ0v) is 19.3. The van der Waals surface area contributed by atoms with Crippen molar-refractivity contribution >= 4 is 36.4 Å².